The SMILES string of the molecule is CNC(Cc1ccccc1[N+](=O)[O-])c1ccc(F)cc1.Cl. The lowest BCUT2D eigenvalue weighted by Gasteiger charge is -2.16. The Balaban J connectivity index is 0.00000220. The van der Waals surface area contributed by atoms with Crippen LogP contribution in [-0.4, -0.2) is 12.0 Å². The number of benzene rings is 2. The summed E-state index contributed by atoms with van der Waals surface area (Å²) in [7, 11) is 1.78. The van der Waals surface area contributed by atoms with Gasteiger partial charge in [0.05, 0.1) is 4.92 Å². The van der Waals surface area contributed by atoms with Gasteiger partial charge in [0.1, 0.15) is 5.82 Å². The molecule has 1 unspecified atom stereocenters. The molecule has 112 valence electrons. The molecule has 1 N–H and O–H groups in total. The molecule has 2 aromatic rings. The maximum Gasteiger partial charge on any atom is 0.272 e. The summed E-state index contributed by atoms with van der Waals surface area (Å²) in [5, 5.41) is 14.1. The maximum atomic E-state index is 12.9. The van der Waals surface area contributed by atoms with Crippen molar-refractivity contribution in [1.82, 2.24) is 5.32 Å². The molecule has 0 saturated heterocycles. The fourth-order valence-corrected chi connectivity index (χ4v) is 2.16. The minimum atomic E-state index is -0.382. The fourth-order valence-electron chi connectivity index (χ4n) is 2.16. The van der Waals surface area contributed by atoms with Crippen molar-refractivity contribution in [3.05, 3.63) is 75.6 Å². The number of nitrogens with zero attached hydrogens (tertiary/aromatic N) is 1. The molecule has 0 amide bonds. The van der Waals surface area contributed by atoms with Crippen molar-refractivity contribution >= 4 is 18.1 Å². The van der Waals surface area contributed by atoms with E-state index in [4.69, 9.17) is 0 Å². The van der Waals surface area contributed by atoms with Crippen LogP contribution in [-0.2, 0) is 6.42 Å². The summed E-state index contributed by atoms with van der Waals surface area (Å²) >= 11 is 0. The standard InChI is InChI=1S/C15H15FN2O2.ClH/c1-17-14(11-6-8-13(16)9-7-11)10-12-4-2-3-5-15(12)18(19)20;/h2-9,14,17H,10H2,1H3;1H. The van der Waals surface area contributed by atoms with Crippen molar-refractivity contribution in [2.45, 2.75) is 12.5 Å². The van der Waals surface area contributed by atoms with E-state index in [1.165, 1.54) is 18.2 Å². The minimum absolute atomic E-state index is 0. The van der Waals surface area contributed by atoms with Crippen molar-refractivity contribution in [2.75, 3.05) is 7.05 Å². The van der Waals surface area contributed by atoms with Crippen LogP contribution in [0.5, 0.6) is 0 Å². The first kappa shape index (κ1) is 17.1. The Morgan fingerprint density at radius 1 is 1.19 bits per heavy atom. The third kappa shape index (κ3) is 4.24. The molecule has 0 aliphatic rings. The van der Waals surface area contributed by atoms with Crippen LogP contribution >= 0.6 is 12.4 Å². The van der Waals surface area contributed by atoms with Gasteiger partial charge in [-0.3, -0.25) is 10.1 Å². The zero-order chi connectivity index (χ0) is 14.5. The quantitative estimate of drug-likeness (QED) is 0.677. The fraction of sp³-hybridized carbons (Fsp3) is 0.200. The summed E-state index contributed by atoms with van der Waals surface area (Å²) in [4.78, 5) is 10.6. The minimum Gasteiger partial charge on any atom is -0.313 e. The molecule has 0 radical (unpaired) electrons. The van der Waals surface area contributed by atoms with E-state index in [1.54, 1.807) is 37.4 Å². The summed E-state index contributed by atoms with van der Waals surface area (Å²) in [6, 6.07) is 12.7. The topological polar surface area (TPSA) is 55.2 Å². The van der Waals surface area contributed by atoms with Gasteiger partial charge in [-0.25, -0.2) is 4.39 Å². The van der Waals surface area contributed by atoms with Crippen LogP contribution in [0.1, 0.15) is 17.2 Å². The van der Waals surface area contributed by atoms with Gasteiger partial charge in [0.15, 0.2) is 0 Å². The zero-order valence-corrected chi connectivity index (χ0v) is 12.3. The van der Waals surface area contributed by atoms with Gasteiger partial charge in [0.2, 0.25) is 0 Å². The average molecular weight is 311 g/mol. The number of hydrogen-bond acceptors (Lipinski definition) is 3. The zero-order valence-electron chi connectivity index (χ0n) is 11.5. The van der Waals surface area contributed by atoms with E-state index >= 15 is 0 Å². The second kappa shape index (κ2) is 7.71. The summed E-state index contributed by atoms with van der Waals surface area (Å²) in [6.07, 6.45) is 0.472. The number of rotatable bonds is 5. The van der Waals surface area contributed by atoms with E-state index in [0.717, 1.165) is 5.56 Å². The van der Waals surface area contributed by atoms with Gasteiger partial charge in [-0.2, -0.15) is 0 Å². The number of nitrogens with one attached hydrogen (secondary N) is 1. The van der Waals surface area contributed by atoms with E-state index in [9.17, 15) is 14.5 Å². The molecule has 0 aromatic heterocycles. The smallest absolute Gasteiger partial charge is 0.272 e. The van der Waals surface area contributed by atoms with Gasteiger partial charge < -0.3 is 5.32 Å². The average Bonchev–Trinajstić information content (AvgIpc) is 2.46. The number of halogens is 2. The van der Waals surface area contributed by atoms with Gasteiger partial charge >= 0.3 is 0 Å². The lowest BCUT2D eigenvalue weighted by Crippen LogP contribution is -2.19. The Morgan fingerprint density at radius 3 is 2.38 bits per heavy atom. The molecule has 0 heterocycles. The van der Waals surface area contributed by atoms with Crippen LogP contribution in [0.4, 0.5) is 10.1 Å². The first-order valence-corrected chi connectivity index (χ1v) is 6.27. The van der Waals surface area contributed by atoms with E-state index in [1.807, 2.05) is 0 Å². The molecule has 1 atom stereocenters. The lowest BCUT2D eigenvalue weighted by atomic mass is 9.98. The first-order valence-electron chi connectivity index (χ1n) is 6.27. The predicted octanol–water partition coefficient (Wildman–Crippen LogP) is 3.66. The summed E-state index contributed by atoms with van der Waals surface area (Å²) in [5.74, 6) is -0.297. The highest BCUT2D eigenvalue weighted by Crippen LogP contribution is 2.24. The molecule has 4 nitrogen and oxygen atoms in total. The van der Waals surface area contributed by atoms with E-state index in [2.05, 4.69) is 5.32 Å². The highest BCUT2D eigenvalue weighted by Gasteiger charge is 2.17. The van der Waals surface area contributed by atoms with E-state index in [-0.39, 0.29) is 34.9 Å². The van der Waals surface area contributed by atoms with Gasteiger partial charge in [-0.15, -0.1) is 12.4 Å². The van der Waals surface area contributed by atoms with Crippen molar-refractivity contribution in [1.29, 1.82) is 0 Å². The van der Waals surface area contributed by atoms with Crippen LogP contribution in [0.25, 0.3) is 0 Å². The molecule has 0 aliphatic carbocycles. The first-order chi connectivity index (χ1) is 9.61. The van der Waals surface area contributed by atoms with Crippen molar-refractivity contribution in [3.8, 4) is 0 Å². The van der Waals surface area contributed by atoms with Crippen LogP contribution in [0, 0.1) is 15.9 Å². The van der Waals surface area contributed by atoms with Gasteiger partial charge in [0.25, 0.3) is 5.69 Å². The van der Waals surface area contributed by atoms with Crippen molar-refractivity contribution < 1.29 is 9.31 Å². The summed E-state index contributed by atoms with van der Waals surface area (Å²) in [6.45, 7) is 0. The molecule has 0 spiro atoms. The molecule has 21 heavy (non-hydrogen) atoms. The Bertz CT molecular complexity index is 605. The predicted molar refractivity (Wildman–Crippen MR) is 82.2 cm³/mol. The van der Waals surface area contributed by atoms with E-state index in [0.29, 0.717) is 12.0 Å². The number of nitro benzene ring substituents is 1. The second-order valence-corrected chi connectivity index (χ2v) is 4.48. The van der Waals surface area contributed by atoms with Gasteiger partial charge in [-0.1, -0.05) is 30.3 Å². The highest BCUT2D eigenvalue weighted by atomic mass is 35.5. The van der Waals surface area contributed by atoms with Gasteiger partial charge in [-0.05, 0) is 31.2 Å². The Labute approximate surface area is 128 Å². The number of likely N-dealkylation sites (N-methyl/N-ethyl adjacent to an activating group) is 1. The van der Waals surface area contributed by atoms with Crippen molar-refractivity contribution in [3.63, 3.8) is 0 Å². The Morgan fingerprint density at radius 2 is 1.81 bits per heavy atom. The maximum absolute atomic E-state index is 12.9. The summed E-state index contributed by atoms with van der Waals surface area (Å²) in [5.41, 5.74) is 1.66. The Kier molecular flexibility index (Phi) is 6.27. The monoisotopic (exact) mass is 310 g/mol. The highest BCUT2D eigenvalue weighted by molar-refractivity contribution is 5.85. The molecule has 0 aliphatic heterocycles. The van der Waals surface area contributed by atoms with E-state index < -0.39 is 0 Å². The second-order valence-electron chi connectivity index (χ2n) is 4.48. The third-order valence-corrected chi connectivity index (χ3v) is 3.23. The molecule has 0 saturated carbocycles. The Hall–Kier alpha value is -1.98. The number of para-hydroxylation sites is 1. The van der Waals surface area contributed by atoms with Gasteiger partial charge in [0, 0.05) is 17.7 Å². The molecule has 6 heteroatoms. The normalized spacial score (nSPS) is 11.5. The van der Waals surface area contributed by atoms with Crippen molar-refractivity contribution in [2.24, 2.45) is 0 Å². The van der Waals surface area contributed by atoms with Crippen LogP contribution in [0.15, 0.2) is 48.5 Å². The largest absolute Gasteiger partial charge is 0.313 e. The molecular weight excluding hydrogens is 295 g/mol. The number of hydrogen-bond donors (Lipinski definition) is 1. The van der Waals surface area contributed by atoms with Crippen LogP contribution < -0.4 is 5.32 Å². The van der Waals surface area contributed by atoms with Crippen LogP contribution in [0.3, 0.4) is 0 Å². The summed E-state index contributed by atoms with van der Waals surface area (Å²) < 4.78 is 12.9. The van der Waals surface area contributed by atoms with Crippen LogP contribution in [0.2, 0.25) is 0 Å². The molecular formula is C15H16ClFN2O2. The lowest BCUT2D eigenvalue weighted by molar-refractivity contribution is -0.385. The molecule has 0 bridgehead atoms. The molecule has 0 fully saturated rings. The molecule has 2 rings (SSSR count). The molecule has 2 aromatic carbocycles. The number of nitro groups is 1. The third-order valence-electron chi connectivity index (χ3n) is 3.23.